The molecule has 1 amide bonds. The summed E-state index contributed by atoms with van der Waals surface area (Å²) in [5.74, 6) is -0.0257. The Morgan fingerprint density at radius 1 is 1.43 bits per heavy atom. The van der Waals surface area contributed by atoms with Crippen LogP contribution in [0.4, 0.5) is 5.82 Å². The molecule has 6 nitrogen and oxygen atoms in total. The molecule has 1 atom stereocenters. The van der Waals surface area contributed by atoms with Crippen molar-refractivity contribution in [2.45, 2.75) is 33.3 Å². The Morgan fingerprint density at radius 2 is 2.19 bits per heavy atom. The number of thiophene rings is 1. The van der Waals surface area contributed by atoms with Gasteiger partial charge in [0.25, 0.3) is 5.91 Å². The minimum Gasteiger partial charge on any atom is -0.448 e. The summed E-state index contributed by atoms with van der Waals surface area (Å²) in [5.41, 5.74) is 0. The molecule has 0 aliphatic heterocycles. The highest BCUT2D eigenvalue weighted by Gasteiger charge is 2.23. The molecule has 0 bridgehead atoms. The third kappa shape index (κ3) is 3.91. The second kappa shape index (κ2) is 6.53. The molecule has 0 aliphatic carbocycles. The van der Waals surface area contributed by atoms with Crippen LogP contribution in [0.15, 0.2) is 22.7 Å². The number of hydrogen-bond donors (Lipinski definition) is 1. The lowest BCUT2D eigenvalue weighted by atomic mass is 10.2. The van der Waals surface area contributed by atoms with Crippen LogP contribution in [-0.2, 0) is 9.53 Å². The summed E-state index contributed by atoms with van der Waals surface area (Å²) < 4.78 is 10.1. The number of anilines is 1. The number of carbonyl (C=O) groups excluding carboxylic acids is 2. The Hall–Kier alpha value is -2.15. The quantitative estimate of drug-likeness (QED) is 0.859. The van der Waals surface area contributed by atoms with Crippen molar-refractivity contribution in [3.05, 3.63) is 33.7 Å². The van der Waals surface area contributed by atoms with Gasteiger partial charge in [-0.1, -0.05) is 12.1 Å². The maximum Gasteiger partial charge on any atom is 0.349 e. The summed E-state index contributed by atoms with van der Waals surface area (Å²) in [5, 5.41) is 6.23. The van der Waals surface area contributed by atoms with E-state index in [2.05, 4.69) is 10.5 Å². The van der Waals surface area contributed by atoms with Crippen molar-refractivity contribution >= 4 is 29.0 Å². The van der Waals surface area contributed by atoms with Crippen LogP contribution in [0.2, 0.25) is 0 Å². The molecular weight excluding hydrogens is 292 g/mol. The van der Waals surface area contributed by atoms with E-state index in [1.165, 1.54) is 11.3 Å². The third-order valence-electron chi connectivity index (χ3n) is 2.73. The van der Waals surface area contributed by atoms with E-state index in [-0.39, 0.29) is 0 Å². The molecule has 2 heterocycles. The highest BCUT2D eigenvalue weighted by molar-refractivity contribution is 7.13. The van der Waals surface area contributed by atoms with Gasteiger partial charge in [-0.15, -0.1) is 11.3 Å². The topological polar surface area (TPSA) is 81.4 Å². The molecule has 21 heavy (non-hydrogen) atoms. The van der Waals surface area contributed by atoms with E-state index in [1.54, 1.807) is 26.0 Å². The lowest BCUT2D eigenvalue weighted by molar-refractivity contribution is -0.124. The van der Waals surface area contributed by atoms with Crippen LogP contribution in [0.1, 0.15) is 33.7 Å². The number of aromatic nitrogens is 1. The number of esters is 1. The Morgan fingerprint density at radius 3 is 2.71 bits per heavy atom. The summed E-state index contributed by atoms with van der Waals surface area (Å²) in [4.78, 5) is 25.5. The zero-order chi connectivity index (χ0) is 15.4. The predicted molar refractivity (Wildman–Crippen MR) is 78.4 cm³/mol. The first-order chi connectivity index (χ1) is 9.99. The first-order valence-electron chi connectivity index (χ1n) is 6.51. The van der Waals surface area contributed by atoms with Gasteiger partial charge in [0.05, 0.1) is 0 Å². The number of nitrogens with zero attached hydrogens (tertiary/aromatic N) is 1. The van der Waals surface area contributed by atoms with Crippen molar-refractivity contribution < 1.29 is 18.8 Å². The first-order valence-corrected chi connectivity index (χ1v) is 7.33. The fourth-order valence-electron chi connectivity index (χ4n) is 1.69. The zero-order valence-electron chi connectivity index (χ0n) is 12.0. The van der Waals surface area contributed by atoms with E-state index >= 15 is 0 Å². The van der Waals surface area contributed by atoms with E-state index in [0.29, 0.717) is 22.9 Å². The van der Waals surface area contributed by atoms with Gasteiger partial charge in [0.15, 0.2) is 11.9 Å². The normalized spacial score (nSPS) is 12.0. The highest BCUT2D eigenvalue weighted by atomic mass is 32.1. The van der Waals surface area contributed by atoms with Crippen molar-refractivity contribution in [3.8, 4) is 0 Å². The molecular formula is C14H16N2O4S. The summed E-state index contributed by atoms with van der Waals surface area (Å²) in [6.07, 6.45) is -0.490. The average Bonchev–Trinajstić information content (AvgIpc) is 3.04. The molecule has 2 aromatic rings. The molecule has 0 aromatic carbocycles. The molecule has 2 aromatic heterocycles. The molecule has 0 saturated carbocycles. The smallest absolute Gasteiger partial charge is 0.349 e. The van der Waals surface area contributed by atoms with Gasteiger partial charge >= 0.3 is 5.97 Å². The van der Waals surface area contributed by atoms with Crippen LogP contribution >= 0.6 is 11.3 Å². The van der Waals surface area contributed by atoms with E-state index < -0.39 is 18.0 Å². The molecule has 1 N–H and O–H groups in total. The molecule has 0 fully saturated rings. The third-order valence-corrected chi connectivity index (χ3v) is 3.71. The van der Waals surface area contributed by atoms with Crippen molar-refractivity contribution in [3.63, 3.8) is 0 Å². The van der Waals surface area contributed by atoms with Gasteiger partial charge in [0, 0.05) is 10.9 Å². The first kappa shape index (κ1) is 15.2. The zero-order valence-corrected chi connectivity index (χ0v) is 12.8. The van der Waals surface area contributed by atoms with E-state index in [9.17, 15) is 9.59 Å². The monoisotopic (exact) mass is 308 g/mol. The summed E-state index contributed by atoms with van der Waals surface area (Å²) >= 11 is 1.33. The van der Waals surface area contributed by atoms with Crippen molar-refractivity contribution in [2.75, 3.05) is 5.32 Å². The van der Waals surface area contributed by atoms with Crippen LogP contribution in [0.3, 0.4) is 0 Å². The molecule has 0 radical (unpaired) electrons. The Balaban J connectivity index is 1.98. The number of amides is 1. The van der Waals surface area contributed by atoms with E-state index in [1.807, 2.05) is 13.0 Å². The van der Waals surface area contributed by atoms with Gasteiger partial charge in [-0.2, -0.15) is 0 Å². The van der Waals surface area contributed by atoms with Crippen LogP contribution in [0.5, 0.6) is 0 Å². The predicted octanol–water partition coefficient (Wildman–Crippen LogP) is 2.93. The van der Waals surface area contributed by atoms with Gasteiger partial charge in [-0.25, -0.2) is 4.79 Å². The van der Waals surface area contributed by atoms with Crippen molar-refractivity contribution in [2.24, 2.45) is 0 Å². The maximum atomic E-state index is 12.1. The van der Waals surface area contributed by atoms with Gasteiger partial charge in [-0.3, -0.25) is 4.79 Å². The summed E-state index contributed by atoms with van der Waals surface area (Å²) in [7, 11) is 0. The SMILES string of the molecule is CCC(OC(=O)c1ccc(C)s1)C(=O)Nc1cc(C)on1. The molecule has 0 spiro atoms. The number of hydrogen-bond acceptors (Lipinski definition) is 6. The Bertz CT molecular complexity index is 647. The van der Waals surface area contributed by atoms with E-state index in [0.717, 1.165) is 4.88 Å². The largest absolute Gasteiger partial charge is 0.448 e. The number of carbonyl (C=O) groups is 2. The molecule has 1 unspecified atom stereocenters. The summed E-state index contributed by atoms with van der Waals surface area (Å²) in [6, 6.07) is 5.11. The number of aryl methyl sites for hydroxylation is 2. The van der Waals surface area contributed by atoms with Gasteiger partial charge in [0.1, 0.15) is 10.6 Å². The minimum atomic E-state index is -0.864. The van der Waals surface area contributed by atoms with Crippen LogP contribution in [-0.4, -0.2) is 23.1 Å². The molecule has 7 heteroatoms. The van der Waals surface area contributed by atoms with Gasteiger partial charge < -0.3 is 14.6 Å². The second-order valence-electron chi connectivity index (χ2n) is 4.52. The van der Waals surface area contributed by atoms with Crippen molar-refractivity contribution in [1.82, 2.24) is 5.16 Å². The molecule has 2 rings (SSSR count). The van der Waals surface area contributed by atoms with E-state index in [4.69, 9.17) is 9.26 Å². The minimum absolute atomic E-state index is 0.305. The standard InChI is InChI=1S/C14H16N2O4S/c1-4-10(13(17)15-12-7-8(2)20-16-12)19-14(18)11-6-5-9(3)21-11/h5-7,10H,4H2,1-3H3,(H,15,16,17). The Kier molecular flexibility index (Phi) is 4.74. The van der Waals surface area contributed by atoms with Gasteiger partial charge in [-0.05, 0) is 32.4 Å². The number of nitrogens with one attached hydrogen (secondary N) is 1. The molecule has 112 valence electrons. The highest BCUT2D eigenvalue weighted by Crippen LogP contribution is 2.18. The lowest BCUT2D eigenvalue weighted by Crippen LogP contribution is -2.32. The lowest BCUT2D eigenvalue weighted by Gasteiger charge is -2.14. The summed E-state index contributed by atoms with van der Waals surface area (Å²) in [6.45, 7) is 5.39. The molecule has 0 saturated heterocycles. The molecule has 0 aliphatic rings. The van der Waals surface area contributed by atoms with Crippen LogP contribution < -0.4 is 5.32 Å². The van der Waals surface area contributed by atoms with Crippen LogP contribution in [0, 0.1) is 13.8 Å². The number of ether oxygens (including phenoxy) is 1. The Labute approximate surface area is 126 Å². The average molecular weight is 308 g/mol. The van der Waals surface area contributed by atoms with Crippen LogP contribution in [0.25, 0.3) is 0 Å². The van der Waals surface area contributed by atoms with Crippen molar-refractivity contribution in [1.29, 1.82) is 0 Å². The maximum absolute atomic E-state index is 12.1. The second-order valence-corrected chi connectivity index (χ2v) is 5.81. The fraction of sp³-hybridized carbons (Fsp3) is 0.357. The fourth-order valence-corrected chi connectivity index (χ4v) is 2.44. The number of rotatable bonds is 5. The van der Waals surface area contributed by atoms with Gasteiger partial charge in [0.2, 0.25) is 0 Å².